The van der Waals surface area contributed by atoms with E-state index in [0.717, 1.165) is 11.3 Å². The molecule has 0 saturated heterocycles. The third-order valence-electron chi connectivity index (χ3n) is 3.51. The molecule has 0 fully saturated rings. The van der Waals surface area contributed by atoms with Crippen LogP contribution < -0.4 is 16.0 Å². The Bertz CT molecular complexity index is 748. The maximum absolute atomic E-state index is 11.8. The number of carbonyl (C=O) groups is 2. The number of hydrogen-bond acceptors (Lipinski definition) is 5. The van der Waals surface area contributed by atoms with Crippen LogP contribution in [-0.4, -0.2) is 36.4 Å². The van der Waals surface area contributed by atoms with Crippen LogP contribution in [0.5, 0.6) is 0 Å². The van der Waals surface area contributed by atoms with Crippen LogP contribution in [0.1, 0.15) is 5.56 Å². The van der Waals surface area contributed by atoms with E-state index in [1.165, 1.54) is 12.1 Å². The fraction of sp³-hybridized carbons (Fsp3) is 0.222. The normalized spacial score (nSPS) is 10.0. The Morgan fingerprint density at radius 3 is 2.23 bits per heavy atom. The highest BCUT2D eigenvalue weighted by Crippen LogP contribution is 2.14. The summed E-state index contributed by atoms with van der Waals surface area (Å²) in [5.74, 6) is -0.493. The van der Waals surface area contributed by atoms with E-state index in [1.807, 2.05) is 30.3 Å². The van der Waals surface area contributed by atoms with E-state index in [0.29, 0.717) is 13.1 Å². The first-order chi connectivity index (χ1) is 12.5. The lowest BCUT2D eigenvalue weighted by molar-refractivity contribution is -0.384. The number of nitrogens with one attached hydrogen (secondary N) is 3. The Labute approximate surface area is 150 Å². The smallest absolute Gasteiger partial charge is 0.269 e. The molecule has 3 N–H and O–H groups in total. The Morgan fingerprint density at radius 1 is 0.885 bits per heavy atom. The minimum absolute atomic E-state index is 0.0232. The molecule has 0 unspecified atom stereocenters. The summed E-state index contributed by atoms with van der Waals surface area (Å²) in [6.45, 7) is 0.745. The first-order valence-electron chi connectivity index (χ1n) is 8.10. The van der Waals surface area contributed by atoms with Crippen LogP contribution in [0.3, 0.4) is 0 Å². The minimum atomic E-state index is -0.462. The van der Waals surface area contributed by atoms with E-state index in [-0.39, 0.29) is 30.5 Å². The van der Waals surface area contributed by atoms with Crippen LogP contribution in [0.15, 0.2) is 54.6 Å². The minimum Gasteiger partial charge on any atom is -0.383 e. The second-order valence-electron chi connectivity index (χ2n) is 5.52. The molecule has 2 aromatic carbocycles. The fourth-order valence-electron chi connectivity index (χ4n) is 2.19. The predicted octanol–water partition coefficient (Wildman–Crippen LogP) is 1.48. The molecule has 0 atom stereocenters. The van der Waals surface area contributed by atoms with E-state index >= 15 is 0 Å². The summed E-state index contributed by atoms with van der Waals surface area (Å²) in [7, 11) is 0. The molecule has 0 bridgehead atoms. The number of nitrogens with zero attached hydrogens (tertiary/aromatic N) is 1. The van der Waals surface area contributed by atoms with Crippen molar-refractivity contribution < 1.29 is 14.5 Å². The Hall–Kier alpha value is -3.42. The van der Waals surface area contributed by atoms with Crippen LogP contribution in [0.4, 0.5) is 11.4 Å². The van der Waals surface area contributed by atoms with Crippen molar-refractivity contribution in [1.82, 2.24) is 10.6 Å². The third-order valence-corrected chi connectivity index (χ3v) is 3.51. The van der Waals surface area contributed by atoms with Gasteiger partial charge in [0, 0.05) is 30.9 Å². The zero-order valence-corrected chi connectivity index (χ0v) is 14.1. The van der Waals surface area contributed by atoms with Crippen LogP contribution in [-0.2, 0) is 16.0 Å². The molecular formula is C18H20N4O4. The standard InChI is InChI=1S/C18H20N4O4/c23-17(12-14-4-2-1-3-5-14)21-13-18(24)20-11-10-19-15-6-8-16(9-7-15)22(25)26/h1-9,19H,10-13H2,(H,20,24)(H,21,23). The molecule has 0 aromatic heterocycles. The van der Waals surface area contributed by atoms with Crippen molar-refractivity contribution >= 4 is 23.2 Å². The molecule has 8 nitrogen and oxygen atoms in total. The number of benzene rings is 2. The average molecular weight is 356 g/mol. The fourth-order valence-corrected chi connectivity index (χ4v) is 2.19. The van der Waals surface area contributed by atoms with Gasteiger partial charge in [-0.05, 0) is 17.7 Å². The van der Waals surface area contributed by atoms with Crippen LogP contribution in [0.2, 0.25) is 0 Å². The summed E-state index contributed by atoms with van der Waals surface area (Å²) < 4.78 is 0. The second-order valence-corrected chi connectivity index (χ2v) is 5.52. The van der Waals surface area contributed by atoms with Gasteiger partial charge in [0.25, 0.3) is 5.69 Å². The van der Waals surface area contributed by atoms with Crippen molar-refractivity contribution in [3.63, 3.8) is 0 Å². The lowest BCUT2D eigenvalue weighted by atomic mass is 10.1. The number of amides is 2. The molecule has 0 radical (unpaired) electrons. The lowest BCUT2D eigenvalue weighted by Gasteiger charge is -2.09. The number of carbonyl (C=O) groups excluding carboxylic acids is 2. The molecule has 0 saturated carbocycles. The molecule has 136 valence electrons. The summed E-state index contributed by atoms with van der Waals surface area (Å²) in [4.78, 5) is 33.6. The van der Waals surface area contributed by atoms with Gasteiger partial charge in [0.1, 0.15) is 0 Å². The topological polar surface area (TPSA) is 113 Å². The zero-order valence-electron chi connectivity index (χ0n) is 14.1. The Balaban J connectivity index is 1.60. The zero-order chi connectivity index (χ0) is 18.8. The van der Waals surface area contributed by atoms with Crippen LogP contribution in [0.25, 0.3) is 0 Å². The SMILES string of the molecule is O=C(CNC(=O)Cc1ccccc1)NCCNc1ccc([N+](=O)[O-])cc1. The van der Waals surface area contributed by atoms with E-state index in [2.05, 4.69) is 16.0 Å². The second kappa shape index (κ2) is 9.77. The highest BCUT2D eigenvalue weighted by atomic mass is 16.6. The van der Waals surface area contributed by atoms with Gasteiger partial charge in [-0.25, -0.2) is 0 Å². The molecule has 0 aliphatic heterocycles. The molecule has 2 amide bonds. The van der Waals surface area contributed by atoms with Crippen molar-refractivity contribution in [2.24, 2.45) is 0 Å². The van der Waals surface area contributed by atoms with Crippen molar-refractivity contribution in [1.29, 1.82) is 0 Å². The first-order valence-corrected chi connectivity index (χ1v) is 8.10. The van der Waals surface area contributed by atoms with Crippen molar-refractivity contribution in [2.45, 2.75) is 6.42 Å². The van der Waals surface area contributed by atoms with Crippen molar-refractivity contribution in [3.05, 3.63) is 70.3 Å². The summed E-state index contributed by atoms with van der Waals surface area (Å²) in [6, 6.07) is 15.3. The highest BCUT2D eigenvalue weighted by molar-refractivity contribution is 5.85. The molecule has 0 heterocycles. The maximum atomic E-state index is 11.8. The quantitative estimate of drug-likeness (QED) is 0.358. The molecule has 0 aliphatic rings. The number of rotatable bonds is 9. The third kappa shape index (κ3) is 6.60. The van der Waals surface area contributed by atoms with Crippen molar-refractivity contribution in [2.75, 3.05) is 25.0 Å². The molecule has 26 heavy (non-hydrogen) atoms. The van der Waals surface area contributed by atoms with Gasteiger partial charge in [-0.1, -0.05) is 30.3 Å². The van der Waals surface area contributed by atoms with E-state index < -0.39 is 4.92 Å². The predicted molar refractivity (Wildman–Crippen MR) is 97.8 cm³/mol. The summed E-state index contributed by atoms with van der Waals surface area (Å²) in [5, 5.41) is 18.9. The molecule has 2 aromatic rings. The number of nitro groups is 1. The van der Waals surface area contributed by atoms with Crippen LogP contribution >= 0.6 is 0 Å². The first kappa shape index (κ1) is 18.9. The number of nitro benzene ring substituents is 1. The molecule has 0 aliphatic carbocycles. The summed E-state index contributed by atoms with van der Waals surface area (Å²) in [5.41, 5.74) is 1.63. The monoisotopic (exact) mass is 356 g/mol. The van der Waals surface area contributed by atoms with Gasteiger partial charge in [0.05, 0.1) is 17.9 Å². The van der Waals surface area contributed by atoms with Gasteiger partial charge in [-0.2, -0.15) is 0 Å². The number of non-ortho nitro benzene ring substituents is 1. The highest BCUT2D eigenvalue weighted by Gasteiger charge is 2.06. The summed E-state index contributed by atoms with van der Waals surface area (Å²) in [6.07, 6.45) is 0.232. The largest absolute Gasteiger partial charge is 0.383 e. The van der Waals surface area contributed by atoms with E-state index in [9.17, 15) is 19.7 Å². The molecule has 0 spiro atoms. The molecular weight excluding hydrogens is 336 g/mol. The van der Waals surface area contributed by atoms with E-state index in [1.54, 1.807) is 12.1 Å². The van der Waals surface area contributed by atoms with Crippen molar-refractivity contribution in [3.8, 4) is 0 Å². The summed E-state index contributed by atoms with van der Waals surface area (Å²) >= 11 is 0. The van der Waals surface area contributed by atoms with Gasteiger partial charge in [-0.15, -0.1) is 0 Å². The molecule has 8 heteroatoms. The van der Waals surface area contributed by atoms with Gasteiger partial charge < -0.3 is 16.0 Å². The number of hydrogen-bond donors (Lipinski definition) is 3. The number of anilines is 1. The van der Waals surface area contributed by atoms with Crippen LogP contribution in [0, 0.1) is 10.1 Å². The Morgan fingerprint density at radius 2 is 1.58 bits per heavy atom. The van der Waals surface area contributed by atoms with Gasteiger partial charge in [0.2, 0.25) is 11.8 Å². The average Bonchev–Trinajstić information content (AvgIpc) is 2.65. The maximum Gasteiger partial charge on any atom is 0.269 e. The molecule has 2 rings (SSSR count). The Kier molecular flexibility index (Phi) is 7.11. The van der Waals surface area contributed by atoms with Gasteiger partial charge >= 0.3 is 0 Å². The lowest BCUT2D eigenvalue weighted by Crippen LogP contribution is -2.39. The van der Waals surface area contributed by atoms with Gasteiger partial charge in [0.15, 0.2) is 0 Å². The van der Waals surface area contributed by atoms with E-state index in [4.69, 9.17) is 0 Å². The van der Waals surface area contributed by atoms with Gasteiger partial charge in [-0.3, -0.25) is 19.7 Å².